The molecule has 1 saturated carbocycles. The van der Waals surface area contributed by atoms with Crippen LogP contribution in [0.15, 0.2) is 30.3 Å². The molecule has 0 atom stereocenters. The van der Waals surface area contributed by atoms with Gasteiger partial charge in [-0.05, 0) is 25.0 Å². The zero-order chi connectivity index (χ0) is 12.1. The molecule has 0 aromatic heterocycles. The Hall–Kier alpha value is -1.02. The fourth-order valence-electron chi connectivity index (χ4n) is 2.42. The average molecular weight is 252 g/mol. The Morgan fingerprint density at radius 2 is 1.82 bits per heavy atom. The Bertz CT molecular complexity index is 371. The van der Waals surface area contributed by atoms with E-state index in [1.807, 2.05) is 30.3 Å². The number of nitrogens with one attached hydrogen (secondary N) is 1. The first kappa shape index (κ1) is 12.4. The topological polar surface area (TPSA) is 29.1 Å². The molecule has 0 saturated heterocycles. The first-order chi connectivity index (χ1) is 8.26. The van der Waals surface area contributed by atoms with Gasteiger partial charge in [-0.25, -0.2) is 0 Å². The third-order valence-corrected chi connectivity index (χ3v) is 3.99. The van der Waals surface area contributed by atoms with E-state index in [0.29, 0.717) is 11.4 Å². The van der Waals surface area contributed by atoms with Gasteiger partial charge < -0.3 is 5.32 Å². The van der Waals surface area contributed by atoms with Gasteiger partial charge in [0.15, 0.2) is 0 Å². The largest absolute Gasteiger partial charge is 0.345 e. The molecule has 0 bridgehead atoms. The number of hydrogen-bond acceptors (Lipinski definition) is 1. The predicted octanol–water partition coefficient (Wildman–Crippen LogP) is 3.36. The summed E-state index contributed by atoms with van der Waals surface area (Å²) in [6, 6.07) is 9.33. The highest BCUT2D eigenvalue weighted by molar-refractivity contribution is 6.19. The summed E-state index contributed by atoms with van der Waals surface area (Å²) in [5, 5.41) is 3.13. The van der Waals surface area contributed by atoms with Crippen LogP contribution in [0.25, 0.3) is 0 Å². The van der Waals surface area contributed by atoms with Crippen LogP contribution in [-0.2, 0) is 0 Å². The van der Waals surface area contributed by atoms with Crippen LogP contribution in [0.5, 0.6) is 0 Å². The molecule has 0 heterocycles. The van der Waals surface area contributed by atoms with Crippen LogP contribution < -0.4 is 5.32 Å². The SMILES string of the molecule is O=C(NC1(CCl)CCCCC1)c1ccccc1. The summed E-state index contributed by atoms with van der Waals surface area (Å²) in [5.74, 6) is 0.499. The van der Waals surface area contributed by atoms with E-state index < -0.39 is 0 Å². The molecule has 17 heavy (non-hydrogen) atoms. The van der Waals surface area contributed by atoms with Gasteiger partial charge in [0.2, 0.25) is 0 Å². The summed E-state index contributed by atoms with van der Waals surface area (Å²) in [6.45, 7) is 0. The van der Waals surface area contributed by atoms with E-state index in [-0.39, 0.29) is 11.4 Å². The zero-order valence-corrected chi connectivity index (χ0v) is 10.7. The van der Waals surface area contributed by atoms with Crippen molar-refractivity contribution in [3.05, 3.63) is 35.9 Å². The van der Waals surface area contributed by atoms with Gasteiger partial charge in [-0.15, -0.1) is 11.6 Å². The van der Waals surface area contributed by atoms with E-state index in [0.717, 1.165) is 25.7 Å². The number of rotatable bonds is 3. The lowest BCUT2D eigenvalue weighted by Gasteiger charge is -2.36. The number of benzene rings is 1. The van der Waals surface area contributed by atoms with E-state index in [4.69, 9.17) is 11.6 Å². The second-order valence-corrected chi connectivity index (χ2v) is 5.06. The quantitative estimate of drug-likeness (QED) is 0.820. The summed E-state index contributed by atoms with van der Waals surface area (Å²) in [4.78, 5) is 12.1. The second-order valence-electron chi connectivity index (χ2n) is 4.79. The number of carbonyl (C=O) groups is 1. The minimum atomic E-state index is -0.188. The van der Waals surface area contributed by atoms with Crippen molar-refractivity contribution in [2.75, 3.05) is 5.88 Å². The molecular weight excluding hydrogens is 234 g/mol. The van der Waals surface area contributed by atoms with Gasteiger partial charge in [0.25, 0.3) is 5.91 Å². The van der Waals surface area contributed by atoms with Gasteiger partial charge in [-0.3, -0.25) is 4.79 Å². The molecule has 0 spiro atoms. The van der Waals surface area contributed by atoms with Gasteiger partial charge in [-0.2, -0.15) is 0 Å². The lowest BCUT2D eigenvalue weighted by molar-refractivity contribution is 0.0885. The highest BCUT2D eigenvalue weighted by Crippen LogP contribution is 2.29. The summed E-state index contributed by atoms with van der Waals surface area (Å²) in [5.41, 5.74) is 0.523. The minimum absolute atomic E-state index is 0.00634. The van der Waals surface area contributed by atoms with Crippen LogP contribution in [0.4, 0.5) is 0 Å². The molecule has 1 fully saturated rings. The Morgan fingerprint density at radius 3 is 2.41 bits per heavy atom. The highest BCUT2D eigenvalue weighted by Gasteiger charge is 2.32. The number of amides is 1. The van der Waals surface area contributed by atoms with Gasteiger partial charge in [-0.1, -0.05) is 37.5 Å². The number of alkyl halides is 1. The number of carbonyl (C=O) groups excluding carboxylic acids is 1. The fraction of sp³-hybridized carbons (Fsp3) is 0.500. The molecule has 1 N–H and O–H groups in total. The number of halogens is 1. The van der Waals surface area contributed by atoms with Crippen molar-refractivity contribution in [3.63, 3.8) is 0 Å². The van der Waals surface area contributed by atoms with Gasteiger partial charge in [0, 0.05) is 11.4 Å². The molecule has 2 nitrogen and oxygen atoms in total. The lowest BCUT2D eigenvalue weighted by Crippen LogP contribution is -2.51. The van der Waals surface area contributed by atoms with E-state index in [1.165, 1.54) is 6.42 Å². The molecular formula is C14H18ClNO. The van der Waals surface area contributed by atoms with Crippen LogP contribution >= 0.6 is 11.6 Å². The summed E-state index contributed by atoms with van der Waals surface area (Å²) in [7, 11) is 0. The average Bonchev–Trinajstić information content (AvgIpc) is 2.41. The normalized spacial score (nSPS) is 18.6. The lowest BCUT2D eigenvalue weighted by atomic mass is 9.83. The minimum Gasteiger partial charge on any atom is -0.345 e. The monoisotopic (exact) mass is 251 g/mol. The van der Waals surface area contributed by atoms with Gasteiger partial charge >= 0.3 is 0 Å². The van der Waals surface area contributed by atoms with Crippen molar-refractivity contribution in [1.82, 2.24) is 5.32 Å². The molecule has 1 aliphatic rings. The van der Waals surface area contributed by atoms with Crippen LogP contribution in [0.3, 0.4) is 0 Å². The highest BCUT2D eigenvalue weighted by atomic mass is 35.5. The van der Waals surface area contributed by atoms with E-state index in [9.17, 15) is 4.79 Å². The Labute approximate surface area is 107 Å². The van der Waals surface area contributed by atoms with Crippen molar-refractivity contribution in [3.8, 4) is 0 Å². The molecule has 3 heteroatoms. The van der Waals surface area contributed by atoms with E-state index in [1.54, 1.807) is 0 Å². The molecule has 0 aliphatic heterocycles. The van der Waals surface area contributed by atoms with Crippen molar-refractivity contribution >= 4 is 17.5 Å². The number of hydrogen-bond donors (Lipinski definition) is 1. The van der Waals surface area contributed by atoms with Gasteiger partial charge in [0.1, 0.15) is 0 Å². The Balaban J connectivity index is 2.06. The van der Waals surface area contributed by atoms with Crippen molar-refractivity contribution < 1.29 is 4.79 Å². The van der Waals surface area contributed by atoms with E-state index in [2.05, 4.69) is 5.32 Å². The standard InChI is InChI=1S/C14H18ClNO/c15-11-14(9-5-2-6-10-14)16-13(17)12-7-3-1-4-8-12/h1,3-4,7-8H,2,5-6,9-11H2,(H,16,17). The van der Waals surface area contributed by atoms with Crippen molar-refractivity contribution in [2.45, 2.75) is 37.6 Å². The molecule has 1 aromatic rings. The van der Waals surface area contributed by atoms with Crippen LogP contribution in [0, 0.1) is 0 Å². The summed E-state index contributed by atoms with van der Waals surface area (Å²) in [6.07, 6.45) is 5.55. The first-order valence-corrected chi connectivity index (χ1v) is 6.73. The second kappa shape index (κ2) is 5.54. The third kappa shape index (κ3) is 3.01. The molecule has 2 rings (SSSR count). The molecule has 92 valence electrons. The Morgan fingerprint density at radius 1 is 1.18 bits per heavy atom. The Kier molecular flexibility index (Phi) is 4.06. The molecule has 1 aliphatic carbocycles. The van der Waals surface area contributed by atoms with Crippen LogP contribution in [0.2, 0.25) is 0 Å². The molecule has 0 unspecified atom stereocenters. The maximum atomic E-state index is 12.1. The maximum absolute atomic E-state index is 12.1. The van der Waals surface area contributed by atoms with E-state index >= 15 is 0 Å². The fourth-order valence-corrected chi connectivity index (χ4v) is 2.76. The summed E-state index contributed by atoms with van der Waals surface area (Å²) >= 11 is 6.05. The first-order valence-electron chi connectivity index (χ1n) is 6.19. The molecule has 1 aromatic carbocycles. The molecule has 1 amide bonds. The molecule has 0 radical (unpaired) electrons. The zero-order valence-electron chi connectivity index (χ0n) is 9.92. The summed E-state index contributed by atoms with van der Waals surface area (Å²) < 4.78 is 0. The predicted molar refractivity (Wildman–Crippen MR) is 70.4 cm³/mol. The van der Waals surface area contributed by atoms with Gasteiger partial charge in [0.05, 0.1) is 5.54 Å². The smallest absolute Gasteiger partial charge is 0.251 e. The maximum Gasteiger partial charge on any atom is 0.251 e. The van der Waals surface area contributed by atoms with Crippen molar-refractivity contribution in [2.24, 2.45) is 0 Å². The van der Waals surface area contributed by atoms with Crippen molar-refractivity contribution in [1.29, 1.82) is 0 Å². The van der Waals surface area contributed by atoms with Crippen LogP contribution in [-0.4, -0.2) is 17.3 Å². The third-order valence-electron chi connectivity index (χ3n) is 3.48. The van der Waals surface area contributed by atoms with Crippen LogP contribution in [0.1, 0.15) is 42.5 Å².